The van der Waals surface area contributed by atoms with E-state index in [2.05, 4.69) is 16.0 Å². The van der Waals surface area contributed by atoms with Crippen LogP contribution >= 0.6 is 11.8 Å². The lowest BCUT2D eigenvalue weighted by atomic mass is 10.1. The molecule has 0 fully saturated rings. The first-order valence-corrected chi connectivity index (χ1v) is 14.5. The number of ether oxygens (including phenoxy) is 3. The van der Waals surface area contributed by atoms with Crippen LogP contribution in [0.15, 0.2) is 108 Å². The van der Waals surface area contributed by atoms with Crippen LogP contribution in [0.25, 0.3) is 6.08 Å². The van der Waals surface area contributed by atoms with Crippen molar-refractivity contribution in [2.24, 2.45) is 0 Å². The van der Waals surface area contributed by atoms with E-state index in [1.54, 1.807) is 112 Å². The minimum absolute atomic E-state index is 0.0464. The van der Waals surface area contributed by atoms with Crippen molar-refractivity contribution in [1.29, 1.82) is 0 Å². The highest BCUT2D eigenvalue weighted by Gasteiger charge is 2.19. The third kappa shape index (κ3) is 8.65. The molecule has 226 valence electrons. The second-order valence-corrected chi connectivity index (χ2v) is 10.9. The Kier molecular flexibility index (Phi) is 11.0. The zero-order chi connectivity index (χ0) is 31.5. The summed E-state index contributed by atoms with van der Waals surface area (Å²) in [5.74, 6) is 0.536. The van der Waals surface area contributed by atoms with Crippen molar-refractivity contribution in [3.05, 3.63) is 114 Å². The Morgan fingerprint density at radius 1 is 0.750 bits per heavy atom. The number of amides is 3. The van der Waals surface area contributed by atoms with Crippen LogP contribution in [0.4, 0.5) is 11.4 Å². The summed E-state index contributed by atoms with van der Waals surface area (Å²) in [6.45, 7) is 1.78. The largest absolute Gasteiger partial charge is 0.497 e. The highest BCUT2D eigenvalue weighted by Crippen LogP contribution is 2.31. The molecule has 0 aliphatic heterocycles. The van der Waals surface area contributed by atoms with Crippen LogP contribution in [0.1, 0.15) is 22.8 Å². The summed E-state index contributed by atoms with van der Waals surface area (Å²) in [6.07, 6.45) is 1.58. The van der Waals surface area contributed by atoms with Crippen LogP contribution in [-0.4, -0.2) is 44.3 Å². The van der Waals surface area contributed by atoms with Gasteiger partial charge in [0.25, 0.3) is 11.8 Å². The predicted octanol–water partition coefficient (Wildman–Crippen LogP) is 6.24. The van der Waals surface area contributed by atoms with E-state index >= 15 is 0 Å². The Morgan fingerprint density at radius 3 is 2.20 bits per heavy atom. The first-order valence-electron chi connectivity index (χ1n) is 13.6. The molecule has 4 aromatic rings. The maximum atomic E-state index is 13.5. The van der Waals surface area contributed by atoms with Crippen molar-refractivity contribution < 1.29 is 28.6 Å². The van der Waals surface area contributed by atoms with E-state index in [1.807, 2.05) is 12.1 Å². The number of methoxy groups -OCH3 is 3. The molecule has 0 radical (unpaired) electrons. The number of nitrogens with one attached hydrogen (secondary N) is 3. The third-order valence-corrected chi connectivity index (χ3v) is 7.47. The van der Waals surface area contributed by atoms with Gasteiger partial charge in [0.05, 0.1) is 32.3 Å². The topological polar surface area (TPSA) is 115 Å². The molecule has 0 aromatic heterocycles. The van der Waals surface area contributed by atoms with E-state index in [-0.39, 0.29) is 11.6 Å². The van der Waals surface area contributed by atoms with Crippen LogP contribution in [0.3, 0.4) is 0 Å². The number of carbonyl (C=O) groups excluding carboxylic acids is 3. The molecule has 0 heterocycles. The minimum Gasteiger partial charge on any atom is -0.497 e. The maximum absolute atomic E-state index is 13.5. The summed E-state index contributed by atoms with van der Waals surface area (Å²) in [6, 6.07) is 28.1. The summed E-state index contributed by atoms with van der Waals surface area (Å²) in [4.78, 5) is 40.2. The third-order valence-electron chi connectivity index (χ3n) is 6.37. The Bertz CT molecular complexity index is 1660. The molecule has 4 rings (SSSR count). The number of hydrogen-bond acceptors (Lipinski definition) is 7. The van der Waals surface area contributed by atoms with Crippen LogP contribution in [0.5, 0.6) is 17.2 Å². The smallest absolute Gasteiger partial charge is 0.272 e. The Morgan fingerprint density at radius 2 is 1.48 bits per heavy atom. The van der Waals surface area contributed by atoms with E-state index in [0.717, 1.165) is 4.90 Å². The lowest BCUT2D eigenvalue weighted by molar-refractivity contribution is -0.115. The fourth-order valence-corrected chi connectivity index (χ4v) is 5.02. The van der Waals surface area contributed by atoms with Crippen molar-refractivity contribution in [3.8, 4) is 17.2 Å². The first-order chi connectivity index (χ1) is 21.3. The second-order valence-electron chi connectivity index (χ2n) is 9.45. The normalized spacial score (nSPS) is 11.6. The number of hydrogen-bond donors (Lipinski definition) is 3. The van der Waals surface area contributed by atoms with Gasteiger partial charge in [-0.3, -0.25) is 14.4 Å². The van der Waals surface area contributed by atoms with Gasteiger partial charge < -0.3 is 30.2 Å². The fraction of sp³-hybridized carbons (Fsp3) is 0.147. The molecule has 4 aromatic carbocycles. The van der Waals surface area contributed by atoms with Gasteiger partial charge in [-0.15, -0.1) is 11.8 Å². The Hall–Kier alpha value is -5.22. The molecule has 0 aliphatic carbocycles. The summed E-state index contributed by atoms with van der Waals surface area (Å²) in [5, 5.41) is 8.00. The molecule has 1 unspecified atom stereocenters. The van der Waals surface area contributed by atoms with Gasteiger partial charge in [0, 0.05) is 22.2 Å². The zero-order valence-electron chi connectivity index (χ0n) is 24.8. The zero-order valence-corrected chi connectivity index (χ0v) is 25.6. The fourth-order valence-electron chi connectivity index (χ4n) is 4.09. The van der Waals surface area contributed by atoms with Crippen molar-refractivity contribution in [3.63, 3.8) is 0 Å². The number of rotatable bonds is 12. The monoisotopic (exact) mass is 611 g/mol. The molecule has 0 bridgehead atoms. The standard InChI is InChI=1S/C34H33N3O6S/c1-22(32(38)36-29-21-27(42-3)16-17-31(29)43-4)44-28-15-9-13-25(20-28)35-34(40)30(19-23-10-8-14-26(18-23)41-2)37-33(39)24-11-6-5-7-12-24/h5-22H,1-4H3,(H,35,40)(H,36,38)(H,37,39)/b30-19-. The summed E-state index contributed by atoms with van der Waals surface area (Å²) >= 11 is 1.32. The lowest BCUT2D eigenvalue weighted by Gasteiger charge is -2.16. The molecule has 9 nitrogen and oxygen atoms in total. The molecule has 3 N–H and O–H groups in total. The van der Waals surface area contributed by atoms with Gasteiger partial charge in [-0.05, 0) is 73.2 Å². The summed E-state index contributed by atoms with van der Waals surface area (Å²) < 4.78 is 15.9. The van der Waals surface area contributed by atoms with Crippen molar-refractivity contribution in [2.75, 3.05) is 32.0 Å². The van der Waals surface area contributed by atoms with Gasteiger partial charge in [0.15, 0.2) is 0 Å². The van der Waals surface area contributed by atoms with Gasteiger partial charge >= 0.3 is 0 Å². The van der Waals surface area contributed by atoms with Crippen LogP contribution in [0, 0.1) is 0 Å². The molecule has 0 spiro atoms. The molecular weight excluding hydrogens is 578 g/mol. The van der Waals surface area contributed by atoms with Crippen LogP contribution in [0.2, 0.25) is 0 Å². The molecule has 1 atom stereocenters. The Balaban J connectivity index is 1.49. The number of thioether (sulfide) groups is 1. The van der Waals surface area contributed by atoms with Crippen LogP contribution in [-0.2, 0) is 9.59 Å². The van der Waals surface area contributed by atoms with Crippen molar-refractivity contribution in [2.45, 2.75) is 17.1 Å². The van der Waals surface area contributed by atoms with Gasteiger partial charge in [-0.25, -0.2) is 0 Å². The lowest BCUT2D eigenvalue weighted by Crippen LogP contribution is -2.30. The van der Waals surface area contributed by atoms with E-state index < -0.39 is 17.1 Å². The molecule has 44 heavy (non-hydrogen) atoms. The maximum Gasteiger partial charge on any atom is 0.272 e. The average molecular weight is 612 g/mol. The molecule has 10 heteroatoms. The number of benzene rings is 4. The van der Waals surface area contributed by atoms with Gasteiger partial charge in [0.2, 0.25) is 5.91 Å². The van der Waals surface area contributed by atoms with Gasteiger partial charge in [-0.2, -0.15) is 0 Å². The summed E-state index contributed by atoms with van der Waals surface area (Å²) in [7, 11) is 4.63. The Labute approximate surface area is 260 Å². The second kappa shape index (κ2) is 15.3. The molecule has 0 saturated heterocycles. The highest BCUT2D eigenvalue weighted by atomic mass is 32.2. The van der Waals surface area contributed by atoms with Crippen molar-refractivity contribution in [1.82, 2.24) is 5.32 Å². The number of carbonyl (C=O) groups is 3. The van der Waals surface area contributed by atoms with E-state index in [0.29, 0.717) is 39.8 Å². The SMILES string of the molecule is COc1cccc(/C=C(\NC(=O)c2ccccc2)C(=O)Nc2cccc(SC(C)C(=O)Nc3cc(OC)ccc3OC)c2)c1. The van der Waals surface area contributed by atoms with Crippen LogP contribution < -0.4 is 30.2 Å². The number of anilines is 2. The quantitative estimate of drug-likeness (QED) is 0.128. The highest BCUT2D eigenvalue weighted by molar-refractivity contribution is 8.00. The molecule has 0 saturated carbocycles. The predicted molar refractivity (Wildman–Crippen MR) is 173 cm³/mol. The molecule has 3 amide bonds. The molecular formula is C34H33N3O6S. The first kappa shape index (κ1) is 31.7. The van der Waals surface area contributed by atoms with Gasteiger partial charge in [0.1, 0.15) is 22.9 Å². The average Bonchev–Trinajstić information content (AvgIpc) is 3.04. The molecule has 0 aliphatic rings. The van der Waals surface area contributed by atoms with E-state index in [4.69, 9.17) is 14.2 Å². The summed E-state index contributed by atoms with van der Waals surface area (Å²) in [5.41, 5.74) is 2.12. The van der Waals surface area contributed by atoms with E-state index in [9.17, 15) is 14.4 Å². The minimum atomic E-state index is -0.518. The van der Waals surface area contributed by atoms with E-state index in [1.165, 1.54) is 18.9 Å². The van der Waals surface area contributed by atoms with Crippen molar-refractivity contribution >= 4 is 46.9 Å². The van der Waals surface area contributed by atoms with Gasteiger partial charge in [-0.1, -0.05) is 36.4 Å².